The summed E-state index contributed by atoms with van der Waals surface area (Å²) in [6.07, 6.45) is 3.30. The molecule has 1 heterocycles. The SMILES string of the molecule is CC1CC(N(C)CCc2ccc(F)cc2Cl)CCN1C. The molecule has 0 N–H and O–H groups in total. The van der Waals surface area contributed by atoms with Gasteiger partial charge in [0.15, 0.2) is 0 Å². The van der Waals surface area contributed by atoms with Gasteiger partial charge in [-0.15, -0.1) is 0 Å². The molecule has 20 heavy (non-hydrogen) atoms. The second-order valence-corrected chi connectivity index (χ2v) is 6.38. The smallest absolute Gasteiger partial charge is 0.124 e. The van der Waals surface area contributed by atoms with E-state index in [9.17, 15) is 4.39 Å². The lowest BCUT2D eigenvalue weighted by Gasteiger charge is -2.39. The third-order valence-corrected chi connectivity index (χ3v) is 4.90. The third kappa shape index (κ3) is 3.94. The average Bonchev–Trinajstić information content (AvgIpc) is 2.40. The van der Waals surface area contributed by atoms with E-state index >= 15 is 0 Å². The van der Waals surface area contributed by atoms with Gasteiger partial charge in [-0.1, -0.05) is 17.7 Å². The first kappa shape index (κ1) is 15.7. The molecule has 2 atom stereocenters. The molecule has 2 rings (SSSR count). The molecule has 2 nitrogen and oxygen atoms in total. The first-order valence-electron chi connectivity index (χ1n) is 7.31. The fourth-order valence-corrected chi connectivity index (χ4v) is 3.13. The van der Waals surface area contributed by atoms with Gasteiger partial charge in [-0.3, -0.25) is 0 Å². The molecule has 0 bridgehead atoms. The molecular formula is C16H24ClFN2. The van der Waals surface area contributed by atoms with Gasteiger partial charge in [0.1, 0.15) is 5.82 Å². The van der Waals surface area contributed by atoms with Gasteiger partial charge >= 0.3 is 0 Å². The highest BCUT2D eigenvalue weighted by molar-refractivity contribution is 6.31. The van der Waals surface area contributed by atoms with E-state index in [2.05, 4.69) is 30.8 Å². The number of halogens is 2. The summed E-state index contributed by atoms with van der Waals surface area (Å²) in [6.45, 7) is 4.41. The molecule has 1 fully saturated rings. The van der Waals surface area contributed by atoms with Crippen molar-refractivity contribution in [3.8, 4) is 0 Å². The normalized spacial score (nSPS) is 24.3. The van der Waals surface area contributed by atoms with Crippen LogP contribution in [0, 0.1) is 5.82 Å². The van der Waals surface area contributed by atoms with Gasteiger partial charge < -0.3 is 9.80 Å². The zero-order valence-corrected chi connectivity index (χ0v) is 13.3. The highest BCUT2D eigenvalue weighted by atomic mass is 35.5. The molecule has 1 aromatic rings. The molecule has 0 saturated carbocycles. The summed E-state index contributed by atoms with van der Waals surface area (Å²) in [5.41, 5.74) is 1.03. The molecule has 0 amide bonds. The number of hydrogen-bond acceptors (Lipinski definition) is 2. The van der Waals surface area contributed by atoms with E-state index in [4.69, 9.17) is 11.6 Å². The highest BCUT2D eigenvalue weighted by Gasteiger charge is 2.25. The van der Waals surface area contributed by atoms with Crippen LogP contribution in [0.5, 0.6) is 0 Å². The van der Waals surface area contributed by atoms with Gasteiger partial charge in [-0.25, -0.2) is 4.39 Å². The van der Waals surface area contributed by atoms with E-state index in [0.29, 0.717) is 17.1 Å². The van der Waals surface area contributed by atoms with E-state index in [1.54, 1.807) is 6.07 Å². The quantitative estimate of drug-likeness (QED) is 0.840. The summed E-state index contributed by atoms with van der Waals surface area (Å²) >= 11 is 6.08. The van der Waals surface area contributed by atoms with Crippen molar-refractivity contribution in [1.29, 1.82) is 0 Å². The minimum absolute atomic E-state index is 0.267. The van der Waals surface area contributed by atoms with Crippen LogP contribution in [0.1, 0.15) is 25.3 Å². The van der Waals surface area contributed by atoms with Crippen molar-refractivity contribution < 1.29 is 4.39 Å². The Labute approximate surface area is 126 Å². The highest BCUT2D eigenvalue weighted by Crippen LogP contribution is 2.21. The summed E-state index contributed by atoms with van der Waals surface area (Å²) < 4.78 is 13.0. The van der Waals surface area contributed by atoms with Gasteiger partial charge in [0.05, 0.1) is 0 Å². The Morgan fingerprint density at radius 2 is 2.20 bits per heavy atom. The van der Waals surface area contributed by atoms with Gasteiger partial charge in [-0.2, -0.15) is 0 Å². The maximum Gasteiger partial charge on any atom is 0.124 e. The van der Waals surface area contributed by atoms with Crippen molar-refractivity contribution in [3.05, 3.63) is 34.6 Å². The summed E-state index contributed by atoms with van der Waals surface area (Å²) in [4.78, 5) is 4.84. The Bertz CT molecular complexity index is 452. The minimum atomic E-state index is -0.267. The van der Waals surface area contributed by atoms with Gasteiger partial charge in [0.2, 0.25) is 0 Å². The van der Waals surface area contributed by atoms with Crippen molar-refractivity contribution in [2.75, 3.05) is 27.2 Å². The topological polar surface area (TPSA) is 6.48 Å². The molecule has 112 valence electrons. The molecule has 0 radical (unpaired) electrons. The second-order valence-electron chi connectivity index (χ2n) is 5.97. The molecule has 1 saturated heterocycles. The van der Waals surface area contributed by atoms with Crippen LogP contribution in [-0.2, 0) is 6.42 Å². The Morgan fingerprint density at radius 1 is 1.45 bits per heavy atom. The molecule has 1 aromatic carbocycles. The van der Waals surface area contributed by atoms with Crippen molar-refractivity contribution in [2.24, 2.45) is 0 Å². The lowest BCUT2D eigenvalue weighted by atomic mass is 9.97. The second kappa shape index (κ2) is 6.88. The first-order chi connectivity index (χ1) is 9.47. The minimum Gasteiger partial charge on any atom is -0.304 e. The van der Waals surface area contributed by atoms with Crippen LogP contribution in [0.4, 0.5) is 4.39 Å². The van der Waals surface area contributed by atoms with Crippen LogP contribution in [0.25, 0.3) is 0 Å². The number of benzene rings is 1. The lowest BCUT2D eigenvalue weighted by molar-refractivity contribution is 0.105. The number of nitrogens with zero attached hydrogens (tertiary/aromatic N) is 2. The van der Waals surface area contributed by atoms with Gasteiger partial charge in [0.25, 0.3) is 0 Å². The van der Waals surface area contributed by atoms with Crippen molar-refractivity contribution in [3.63, 3.8) is 0 Å². The van der Waals surface area contributed by atoms with Crippen molar-refractivity contribution in [2.45, 2.75) is 38.3 Å². The fraction of sp³-hybridized carbons (Fsp3) is 0.625. The van der Waals surface area contributed by atoms with E-state index < -0.39 is 0 Å². The molecule has 4 heteroatoms. The van der Waals surface area contributed by atoms with Gasteiger partial charge in [0, 0.05) is 23.7 Å². The summed E-state index contributed by atoms with van der Waals surface area (Å²) in [7, 11) is 4.37. The molecule has 1 aliphatic rings. The molecule has 2 unspecified atom stereocenters. The summed E-state index contributed by atoms with van der Waals surface area (Å²) in [5, 5.41) is 0.537. The summed E-state index contributed by atoms with van der Waals surface area (Å²) in [6, 6.07) is 5.96. The molecule has 0 aromatic heterocycles. The number of hydrogen-bond donors (Lipinski definition) is 0. The van der Waals surface area contributed by atoms with E-state index in [0.717, 1.165) is 25.1 Å². The van der Waals surface area contributed by atoms with Crippen molar-refractivity contribution in [1.82, 2.24) is 9.80 Å². The lowest BCUT2D eigenvalue weighted by Crippen LogP contribution is -2.46. The van der Waals surface area contributed by atoms with Crippen molar-refractivity contribution >= 4 is 11.6 Å². The van der Waals surface area contributed by atoms with Crippen LogP contribution >= 0.6 is 11.6 Å². The fourth-order valence-electron chi connectivity index (χ4n) is 2.87. The molecular weight excluding hydrogens is 275 g/mol. The van der Waals surface area contributed by atoms with E-state index in [1.165, 1.54) is 25.0 Å². The number of rotatable bonds is 4. The average molecular weight is 299 g/mol. The Hall–Kier alpha value is -0.640. The van der Waals surface area contributed by atoms with Gasteiger partial charge in [-0.05, 0) is 64.5 Å². The van der Waals surface area contributed by atoms with Crippen LogP contribution < -0.4 is 0 Å². The number of likely N-dealkylation sites (tertiary alicyclic amines) is 1. The standard InChI is InChI=1S/C16H24ClFN2/c1-12-10-15(7-9-19(12)2)20(3)8-6-13-4-5-14(18)11-16(13)17/h4-5,11-12,15H,6-10H2,1-3H3. The predicted molar refractivity (Wildman–Crippen MR) is 82.9 cm³/mol. The Morgan fingerprint density at radius 3 is 2.85 bits per heavy atom. The maximum atomic E-state index is 13.0. The third-order valence-electron chi connectivity index (χ3n) is 4.55. The predicted octanol–water partition coefficient (Wildman–Crippen LogP) is 3.44. The Kier molecular flexibility index (Phi) is 5.42. The largest absolute Gasteiger partial charge is 0.304 e. The maximum absolute atomic E-state index is 13.0. The van der Waals surface area contributed by atoms with E-state index in [-0.39, 0.29) is 5.82 Å². The zero-order chi connectivity index (χ0) is 14.7. The van der Waals surface area contributed by atoms with Crippen LogP contribution in [-0.4, -0.2) is 49.1 Å². The number of likely N-dealkylation sites (N-methyl/N-ethyl adjacent to an activating group) is 1. The van der Waals surface area contributed by atoms with Crippen LogP contribution in [0.15, 0.2) is 18.2 Å². The number of piperidine rings is 1. The Balaban J connectivity index is 1.87. The monoisotopic (exact) mass is 298 g/mol. The zero-order valence-electron chi connectivity index (χ0n) is 12.6. The van der Waals surface area contributed by atoms with E-state index in [1.807, 2.05) is 0 Å². The molecule has 0 aliphatic carbocycles. The van der Waals surface area contributed by atoms with Crippen LogP contribution in [0.3, 0.4) is 0 Å². The molecule has 1 aliphatic heterocycles. The first-order valence-corrected chi connectivity index (χ1v) is 7.69. The van der Waals surface area contributed by atoms with Crippen LogP contribution in [0.2, 0.25) is 5.02 Å². The summed E-state index contributed by atoms with van der Waals surface area (Å²) in [5.74, 6) is -0.267. The molecule has 0 spiro atoms.